The first kappa shape index (κ1) is 9.72. The molecule has 0 spiro atoms. The van der Waals surface area contributed by atoms with E-state index in [0.29, 0.717) is 5.78 Å². The molecule has 1 saturated heterocycles. The fourth-order valence-electron chi connectivity index (χ4n) is 1.93. The molecule has 0 amide bonds. The molecule has 2 nitrogen and oxygen atoms in total. The Morgan fingerprint density at radius 1 is 1.58 bits per heavy atom. The lowest BCUT2D eigenvalue weighted by Crippen LogP contribution is -2.24. The second-order valence-corrected chi connectivity index (χ2v) is 3.87. The average Bonchev–Trinajstić information content (AvgIpc) is 2.36. The number of nitrogens with zero attached hydrogens (tertiary/aromatic N) is 1. The van der Waals surface area contributed by atoms with Crippen LogP contribution < -0.4 is 0 Å². The van der Waals surface area contributed by atoms with Crippen molar-refractivity contribution in [2.24, 2.45) is 0 Å². The highest BCUT2D eigenvalue weighted by Gasteiger charge is 2.19. The molecular formula is C10H19NO. The van der Waals surface area contributed by atoms with Crippen LogP contribution in [-0.2, 0) is 4.79 Å². The SMILES string of the molecule is CC(=O)CCCC1CCCN1C. The van der Waals surface area contributed by atoms with E-state index in [2.05, 4.69) is 11.9 Å². The zero-order valence-corrected chi connectivity index (χ0v) is 8.18. The smallest absolute Gasteiger partial charge is 0.129 e. The molecule has 1 fully saturated rings. The highest BCUT2D eigenvalue weighted by Crippen LogP contribution is 2.19. The number of likely N-dealkylation sites (tertiary alicyclic amines) is 1. The molecule has 0 aromatic heterocycles. The van der Waals surface area contributed by atoms with Gasteiger partial charge in [-0.05, 0) is 46.2 Å². The van der Waals surface area contributed by atoms with Crippen LogP contribution in [0.2, 0.25) is 0 Å². The Hall–Kier alpha value is -0.370. The highest BCUT2D eigenvalue weighted by atomic mass is 16.1. The number of hydrogen-bond acceptors (Lipinski definition) is 2. The van der Waals surface area contributed by atoms with Crippen LogP contribution in [0.25, 0.3) is 0 Å². The summed E-state index contributed by atoms with van der Waals surface area (Å²) in [5, 5.41) is 0. The average molecular weight is 169 g/mol. The summed E-state index contributed by atoms with van der Waals surface area (Å²) in [6, 6.07) is 0.754. The second-order valence-electron chi connectivity index (χ2n) is 3.87. The highest BCUT2D eigenvalue weighted by molar-refractivity contribution is 5.75. The van der Waals surface area contributed by atoms with E-state index in [0.717, 1.165) is 18.9 Å². The lowest BCUT2D eigenvalue weighted by molar-refractivity contribution is -0.117. The fraction of sp³-hybridized carbons (Fsp3) is 0.900. The largest absolute Gasteiger partial charge is 0.303 e. The van der Waals surface area contributed by atoms with Crippen molar-refractivity contribution in [2.75, 3.05) is 13.6 Å². The normalized spacial score (nSPS) is 24.7. The van der Waals surface area contributed by atoms with Crippen molar-refractivity contribution in [3.05, 3.63) is 0 Å². The molecule has 0 radical (unpaired) electrons. The van der Waals surface area contributed by atoms with Crippen LogP contribution in [0.5, 0.6) is 0 Å². The van der Waals surface area contributed by atoms with E-state index in [1.165, 1.54) is 25.8 Å². The molecule has 1 aliphatic rings. The zero-order valence-electron chi connectivity index (χ0n) is 8.18. The summed E-state index contributed by atoms with van der Waals surface area (Å²) in [4.78, 5) is 13.1. The van der Waals surface area contributed by atoms with Crippen LogP contribution in [0.4, 0.5) is 0 Å². The van der Waals surface area contributed by atoms with E-state index < -0.39 is 0 Å². The lowest BCUT2D eigenvalue weighted by atomic mass is 10.1. The standard InChI is InChI=1S/C10H19NO/c1-9(12)5-3-6-10-7-4-8-11(10)2/h10H,3-8H2,1-2H3. The van der Waals surface area contributed by atoms with Gasteiger partial charge in [-0.25, -0.2) is 0 Å². The molecule has 1 heterocycles. The van der Waals surface area contributed by atoms with Crippen LogP contribution in [0.3, 0.4) is 0 Å². The molecule has 1 rings (SSSR count). The summed E-state index contributed by atoms with van der Waals surface area (Å²) in [7, 11) is 2.19. The predicted molar refractivity (Wildman–Crippen MR) is 50.2 cm³/mol. The van der Waals surface area contributed by atoms with Gasteiger partial charge in [0.05, 0.1) is 0 Å². The number of ketones is 1. The third kappa shape index (κ3) is 2.94. The van der Waals surface area contributed by atoms with Crippen molar-refractivity contribution in [1.82, 2.24) is 4.90 Å². The number of carbonyl (C=O) groups is 1. The van der Waals surface area contributed by atoms with Crippen molar-refractivity contribution in [2.45, 2.75) is 45.1 Å². The Kier molecular flexibility index (Phi) is 3.73. The molecular weight excluding hydrogens is 150 g/mol. The molecule has 0 N–H and O–H groups in total. The van der Waals surface area contributed by atoms with Crippen LogP contribution >= 0.6 is 0 Å². The molecule has 12 heavy (non-hydrogen) atoms. The van der Waals surface area contributed by atoms with Crippen LogP contribution in [0.1, 0.15) is 39.0 Å². The molecule has 0 aromatic rings. The first-order chi connectivity index (χ1) is 5.70. The summed E-state index contributed by atoms with van der Waals surface area (Å²) in [6.07, 6.45) is 5.71. The van der Waals surface area contributed by atoms with Crippen molar-refractivity contribution >= 4 is 5.78 Å². The van der Waals surface area contributed by atoms with Crippen molar-refractivity contribution in [3.8, 4) is 0 Å². The fourth-order valence-corrected chi connectivity index (χ4v) is 1.93. The monoisotopic (exact) mass is 169 g/mol. The maximum absolute atomic E-state index is 10.7. The summed E-state index contributed by atoms with van der Waals surface area (Å²) in [6.45, 7) is 2.92. The third-order valence-corrected chi connectivity index (χ3v) is 2.74. The van der Waals surface area contributed by atoms with E-state index in [4.69, 9.17) is 0 Å². The number of rotatable bonds is 4. The van der Waals surface area contributed by atoms with Gasteiger partial charge in [0.1, 0.15) is 5.78 Å². The molecule has 2 heteroatoms. The quantitative estimate of drug-likeness (QED) is 0.640. The summed E-state index contributed by atoms with van der Waals surface area (Å²) in [5.74, 6) is 0.329. The van der Waals surface area contributed by atoms with Crippen LogP contribution in [-0.4, -0.2) is 30.3 Å². The Balaban J connectivity index is 2.10. The Bertz CT molecular complexity index is 156. The maximum Gasteiger partial charge on any atom is 0.129 e. The minimum absolute atomic E-state index is 0.329. The molecule has 0 saturated carbocycles. The summed E-state index contributed by atoms with van der Waals surface area (Å²) in [5.41, 5.74) is 0. The molecule has 1 aliphatic heterocycles. The Morgan fingerprint density at radius 3 is 2.83 bits per heavy atom. The van der Waals surface area contributed by atoms with Gasteiger partial charge in [-0.2, -0.15) is 0 Å². The van der Waals surface area contributed by atoms with E-state index >= 15 is 0 Å². The van der Waals surface area contributed by atoms with Crippen molar-refractivity contribution < 1.29 is 4.79 Å². The summed E-state index contributed by atoms with van der Waals surface area (Å²) < 4.78 is 0. The van der Waals surface area contributed by atoms with E-state index in [1.54, 1.807) is 6.92 Å². The van der Waals surface area contributed by atoms with Gasteiger partial charge in [0, 0.05) is 12.5 Å². The molecule has 1 atom stereocenters. The van der Waals surface area contributed by atoms with Crippen LogP contribution in [0, 0.1) is 0 Å². The molecule has 1 unspecified atom stereocenters. The second kappa shape index (κ2) is 4.61. The lowest BCUT2D eigenvalue weighted by Gasteiger charge is -2.18. The van der Waals surface area contributed by atoms with Gasteiger partial charge in [-0.15, -0.1) is 0 Å². The van der Waals surface area contributed by atoms with Crippen molar-refractivity contribution in [3.63, 3.8) is 0 Å². The minimum atomic E-state index is 0.329. The zero-order chi connectivity index (χ0) is 8.97. The van der Waals surface area contributed by atoms with Gasteiger partial charge in [-0.3, -0.25) is 0 Å². The Morgan fingerprint density at radius 2 is 2.33 bits per heavy atom. The van der Waals surface area contributed by atoms with Gasteiger partial charge in [0.25, 0.3) is 0 Å². The first-order valence-corrected chi connectivity index (χ1v) is 4.90. The van der Waals surface area contributed by atoms with Gasteiger partial charge in [0.2, 0.25) is 0 Å². The van der Waals surface area contributed by atoms with E-state index in [1.807, 2.05) is 0 Å². The predicted octanol–water partition coefficient (Wildman–Crippen LogP) is 1.84. The topological polar surface area (TPSA) is 20.3 Å². The molecule has 0 aromatic carbocycles. The molecule has 0 bridgehead atoms. The van der Waals surface area contributed by atoms with Gasteiger partial charge in [0.15, 0.2) is 0 Å². The number of Topliss-reactive ketones (excluding diaryl/α,β-unsaturated/α-hetero) is 1. The maximum atomic E-state index is 10.7. The Labute approximate surface area is 74.9 Å². The van der Waals surface area contributed by atoms with Crippen molar-refractivity contribution in [1.29, 1.82) is 0 Å². The van der Waals surface area contributed by atoms with E-state index in [9.17, 15) is 4.79 Å². The molecule has 0 aliphatic carbocycles. The van der Waals surface area contributed by atoms with Gasteiger partial charge < -0.3 is 9.69 Å². The summed E-state index contributed by atoms with van der Waals surface area (Å²) >= 11 is 0. The van der Waals surface area contributed by atoms with Crippen LogP contribution in [0.15, 0.2) is 0 Å². The van der Waals surface area contributed by atoms with Gasteiger partial charge >= 0.3 is 0 Å². The third-order valence-electron chi connectivity index (χ3n) is 2.74. The first-order valence-electron chi connectivity index (χ1n) is 4.90. The molecule has 70 valence electrons. The number of hydrogen-bond donors (Lipinski definition) is 0. The minimum Gasteiger partial charge on any atom is -0.303 e. The number of carbonyl (C=O) groups excluding carboxylic acids is 1. The van der Waals surface area contributed by atoms with Gasteiger partial charge in [-0.1, -0.05) is 0 Å². The van der Waals surface area contributed by atoms with E-state index in [-0.39, 0.29) is 0 Å².